The zero-order valence-electron chi connectivity index (χ0n) is 10.4. The molecule has 0 bridgehead atoms. The molecule has 1 fully saturated rings. The van der Waals surface area contributed by atoms with Crippen molar-refractivity contribution in [1.82, 2.24) is 10.2 Å². The highest BCUT2D eigenvalue weighted by atomic mass is 16.5. The third-order valence-corrected chi connectivity index (χ3v) is 2.79. The lowest BCUT2D eigenvalue weighted by molar-refractivity contribution is -0.125. The van der Waals surface area contributed by atoms with Crippen LogP contribution in [0, 0.1) is 0 Å². The fourth-order valence-electron chi connectivity index (χ4n) is 1.92. The molecule has 0 aromatic heterocycles. The topological polar surface area (TPSA) is 67.9 Å². The molecule has 0 saturated carbocycles. The van der Waals surface area contributed by atoms with Crippen molar-refractivity contribution >= 4 is 12.0 Å². The third-order valence-electron chi connectivity index (χ3n) is 2.79. The number of nitrogens with zero attached hydrogens (tertiary/aromatic N) is 1. The maximum Gasteiger partial charge on any atom is 0.410 e. The van der Waals surface area contributed by atoms with Gasteiger partial charge in [-0.15, -0.1) is 0 Å². The predicted octanol–water partition coefficient (Wildman–Crippen LogP) is 0.370. The van der Waals surface area contributed by atoms with Crippen molar-refractivity contribution in [2.75, 3.05) is 33.9 Å². The van der Waals surface area contributed by atoms with E-state index >= 15 is 0 Å². The van der Waals surface area contributed by atoms with Gasteiger partial charge in [0, 0.05) is 26.8 Å². The van der Waals surface area contributed by atoms with Crippen LogP contribution in [0.15, 0.2) is 0 Å². The first-order chi connectivity index (χ1) is 8.20. The van der Waals surface area contributed by atoms with E-state index in [1.165, 1.54) is 12.0 Å². The Kier molecular flexibility index (Phi) is 5.76. The van der Waals surface area contributed by atoms with Gasteiger partial charge < -0.3 is 14.8 Å². The van der Waals surface area contributed by atoms with Crippen molar-refractivity contribution in [2.45, 2.75) is 25.3 Å². The normalized spacial score (nSPS) is 19.2. The van der Waals surface area contributed by atoms with Crippen LogP contribution in [0.25, 0.3) is 0 Å². The molecule has 0 radical (unpaired) electrons. The Morgan fingerprint density at radius 1 is 1.41 bits per heavy atom. The summed E-state index contributed by atoms with van der Waals surface area (Å²) in [5.74, 6) is -0.107. The average Bonchev–Trinajstić information content (AvgIpc) is 2.82. The number of hydrogen-bond donors (Lipinski definition) is 1. The van der Waals surface area contributed by atoms with Gasteiger partial charge in [-0.05, 0) is 19.3 Å². The number of methoxy groups -OCH3 is 2. The van der Waals surface area contributed by atoms with Gasteiger partial charge in [0.1, 0.15) is 6.04 Å². The van der Waals surface area contributed by atoms with E-state index in [9.17, 15) is 9.59 Å². The average molecular weight is 244 g/mol. The van der Waals surface area contributed by atoms with E-state index in [4.69, 9.17) is 4.74 Å². The van der Waals surface area contributed by atoms with Gasteiger partial charge >= 0.3 is 6.09 Å². The highest BCUT2D eigenvalue weighted by molar-refractivity contribution is 5.86. The highest BCUT2D eigenvalue weighted by Gasteiger charge is 2.34. The molecule has 98 valence electrons. The number of ether oxygens (including phenoxy) is 2. The van der Waals surface area contributed by atoms with E-state index in [1.807, 2.05) is 0 Å². The summed E-state index contributed by atoms with van der Waals surface area (Å²) in [5.41, 5.74) is 0. The van der Waals surface area contributed by atoms with Crippen LogP contribution in [0.5, 0.6) is 0 Å². The Morgan fingerprint density at radius 2 is 2.18 bits per heavy atom. The van der Waals surface area contributed by atoms with E-state index in [2.05, 4.69) is 10.1 Å². The number of carbonyl (C=O) groups is 2. The lowest BCUT2D eigenvalue weighted by atomic mass is 10.2. The first-order valence-corrected chi connectivity index (χ1v) is 5.82. The van der Waals surface area contributed by atoms with Crippen molar-refractivity contribution in [3.63, 3.8) is 0 Å². The number of likely N-dealkylation sites (tertiary alicyclic amines) is 1. The molecule has 1 unspecified atom stereocenters. The van der Waals surface area contributed by atoms with E-state index in [1.54, 1.807) is 7.11 Å². The summed E-state index contributed by atoms with van der Waals surface area (Å²) < 4.78 is 9.53. The summed E-state index contributed by atoms with van der Waals surface area (Å²) in [6, 6.07) is -0.384. The van der Waals surface area contributed by atoms with E-state index in [0.717, 1.165) is 12.8 Å². The SMILES string of the molecule is COCCCNC(=O)C1CCCN1C(=O)OC. The van der Waals surface area contributed by atoms with Crippen molar-refractivity contribution < 1.29 is 19.1 Å². The van der Waals surface area contributed by atoms with Gasteiger partial charge in [-0.2, -0.15) is 0 Å². The molecule has 1 atom stereocenters. The monoisotopic (exact) mass is 244 g/mol. The van der Waals surface area contributed by atoms with Gasteiger partial charge in [-0.3, -0.25) is 9.69 Å². The number of hydrogen-bond acceptors (Lipinski definition) is 4. The smallest absolute Gasteiger partial charge is 0.410 e. The minimum Gasteiger partial charge on any atom is -0.453 e. The van der Waals surface area contributed by atoms with E-state index < -0.39 is 6.09 Å². The Balaban J connectivity index is 2.37. The molecule has 0 aromatic rings. The van der Waals surface area contributed by atoms with Crippen molar-refractivity contribution in [2.24, 2.45) is 0 Å². The first kappa shape index (κ1) is 13.8. The predicted molar refractivity (Wildman–Crippen MR) is 61.6 cm³/mol. The van der Waals surface area contributed by atoms with Gasteiger partial charge in [0.15, 0.2) is 0 Å². The summed E-state index contributed by atoms with van der Waals surface area (Å²) in [7, 11) is 2.95. The van der Waals surface area contributed by atoms with Gasteiger partial charge in [-0.1, -0.05) is 0 Å². The van der Waals surface area contributed by atoms with Crippen LogP contribution in [0.2, 0.25) is 0 Å². The molecule has 1 heterocycles. The van der Waals surface area contributed by atoms with Crippen molar-refractivity contribution in [3.8, 4) is 0 Å². The molecule has 1 rings (SSSR count). The largest absolute Gasteiger partial charge is 0.453 e. The van der Waals surface area contributed by atoms with Crippen molar-refractivity contribution in [1.29, 1.82) is 0 Å². The molecule has 2 amide bonds. The van der Waals surface area contributed by atoms with Crippen molar-refractivity contribution in [3.05, 3.63) is 0 Å². The second-order valence-corrected chi connectivity index (χ2v) is 3.96. The Labute approximate surface area is 101 Å². The van der Waals surface area contributed by atoms with Crippen LogP contribution >= 0.6 is 0 Å². The zero-order chi connectivity index (χ0) is 12.7. The molecule has 17 heavy (non-hydrogen) atoms. The molecule has 1 aliphatic rings. The minimum absolute atomic E-state index is 0.107. The number of nitrogens with one attached hydrogen (secondary N) is 1. The molecule has 1 N–H and O–H groups in total. The van der Waals surface area contributed by atoms with Crippen LogP contribution in [-0.2, 0) is 14.3 Å². The van der Waals surface area contributed by atoms with Gasteiger partial charge in [-0.25, -0.2) is 4.79 Å². The van der Waals surface area contributed by atoms with Crippen LogP contribution in [0.3, 0.4) is 0 Å². The van der Waals surface area contributed by atoms with Gasteiger partial charge in [0.25, 0.3) is 0 Å². The lowest BCUT2D eigenvalue weighted by Crippen LogP contribution is -2.46. The summed E-state index contributed by atoms with van der Waals surface area (Å²) in [5, 5.41) is 2.80. The quantitative estimate of drug-likeness (QED) is 0.709. The number of amides is 2. The van der Waals surface area contributed by atoms with E-state index in [-0.39, 0.29) is 11.9 Å². The van der Waals surface area contributed by atoms with Crippen LogP contribution in [0.1, 0.15) is 19.3 Å². The molecule has 0 aliphatic carbocycles. The maximum atomic E-state index is 11.8. The summed E-state index contributed by atoms with van der Waals surface area (Å²) in [6.07, 6.45) is 1.88. The number of carbonyl (C=O) groups excluding carboxylic acids is 2. The second-order valence-electron chi connectivity index (χ2n) is 3.96. The molecule has 0 aromatic carbocycles. The minimum atomic E-state index is -0.431. The third kappa shape index (κ3) is 3.89. The van der Waals surface area contributed by atoms with Crippen LogP contribution < -0.4 is 5.32 Å². The molecule has 1 aliphatic heterocycles. The highest BCUT2D eigenvalue weighted by Crippen LogP contribution is 2.18. The summed E-state index contributed by atoms with van der Waals surface area (Å²) in [4.78, 5) is 24.7. The van der Waals surface area contributed by atoms with E-state index in [0.29, 0.717) is 26.1 Å². The lowest BCUT2D eigenvalue weighted by Gasteiger charge is -2.22. The molecule has 0 spiro atoms. The van der Waals surface area contributed by atoms with Crippen LogP contribution in [-0.4, -0.2) is 56.9 Å². The standard InChI is InChI=1S/C11H20N2O4/c1-16-8-4-6-12-10(14)9-5-3-7-13(9)11(15)17-2/h9H,3-8H2,1-2H3,(H,12,14). The summed E-state index contributed by atoms with van der Waals surface area (Å²) >= 11 is 0. The fourth-order valence-corrected chi connectivity index (χ4v) is 1.92. The second kappa shape index (κ2) is 7.11. The zero-order valence-corrected chi connectivity index (χ0v) is 10.4. The molecule has 6 heteroatoms. The van der Waals surface area contributed by atoms with Gasteiger partial charge in [0.2, 0.25) is 5.91 Å². The summed E-state index contributed by atoms with van der Waals surface area (Å²) in [6.45, 7) is 1.77. The number of rotatable bonds is 5. The molecular formula is C11H20N2O4. The van der Waals surface area contributed by atoms with Gasteiger partial charge in [0.05, 0.1) is 7.11 Å². The fraction of sp³-hybridized carbons (Fsp3) is 0.818. The molecular weight excluding hydrogens is 224 g/mol. The Morgan fingerprint density at radius 3 is 2.82 bits per heavy atom. The maximum absolute atomic E-state index is 11.8. The molecule has 6 nitrogen and oxygen atoms in total. The Bertz CT molecular complexity index is 270. The Hall–Kier alpha value is -1.30. The first-order valence-electron chi connectivity index (χ1n) is 5.82. The molecule has 1 saturated heterocycles. The van der Waals surface area contributed by atoms with Crippen LogP contribution in [0.4, 0.5) is 4.79 Å².